The fourth-order valence-electron chi connectivity index (χ4n) is 2.12. The van der Waals surface area contributed by atoms with Crippen molar-refractivity contribution in [3.8, 4) is 11.6 Å². The molecule has 0 spiro atoms. The van der Waals surface area contributed by atoms with Gasteiger partial charge in [0.1, 0.15) is 11.6 Å². The number of aryl methyl sites for hydroxylation is 1. The first kappa shape index (κ1) is 15.4. The summed E-state index contributed by atoms with van der Waals surface area (Å²) in [5, 5.41) is 3.42. The molecule has 0 saturated carbocycles. The quantitative estimate of drug-likeness (QED) is 0.856. The fourth-order valence-corrected chi connectivity index (χ4v) is 2.12. The standard InChI is InChI=1S/C17H21FN2O/c1-4-9-19-13(3)15-6-5-10-20-17(15)21-16-8-7-14(18)11-12(16)2/h5-8,10-11,13,19H,4,9H2,1-3H3. The monoisotopic (exact) mass is 288 g/mol. The van der Waals surface area contributed by atoms with E-state index in [1.807, 2.05) is 19.1 Å². The Bertz CT molecular complexity index is 601. The summed E-state index contributed by atoms with van der Waals surface area (Å²) in [5.74, 6) is 0.918. The fraction of sp³-hybridized carbons (Fsp3) is 0.353. The predicted molar refractivity (Wildman–Crippen MR) is 82.2 cm³/mol. The number of nitrogens with one attached hydrogen (secondary N) is 1. The number of hydrogen-bond acceptors (Lipinski definition) is 3. The van der Waals surface area contributed by atoms with Gasteiger partial charge in [0.15, 0.2) is 0 Å². The molecular formula is C17H21FN2O. The molecule has 0 amide bonds. The van der Waals surface area contributed by atoms with Crippen LogP contribution in [0.25, 0.3) is 0 Å². The van der Waals surface area contributed by atoms with Gasteiger partial charge in [-0.2, -0.15) is 0 Å². The number of rotatable bonds is 6. The number of nitrogens with zero attached hydrogens (tertiary/aromatic N) is 1. The molecule has 0 radical (unpaired) electrons. The topological polar surface area (TPSA) is 34.2 Å². The average molecular weight is 288 g/mol. The summed E-state index contributed by atoms with van der Waals surface area (Å²) < 4.78 is 19.0. The second-order valence-electron chi connectivity index (χ2n) is 5.09. The smallest absolute Gasteiger partial charge is 0.223 e. The molecule has 0 aliphatic rings. The van der Waals surface area contributed by atoms with E-state index >= 15 is 0 Å². The SMILES string of the molecule is CCCNC(C)c1cccnc1Oc1ccc(F)cc1C. The zero-order chi connectivity index (χ0) is 15.2. The summed E-state index contributed by atoms with van der Waals surface area (Å²) in [6, 6.07) is 8.51. The lowest BCUT2D eigenvalue weighted by molar-refractivity contribution is 0.438. The third-order valence-electron chi connectivity index (χ3n) is 3.31. The van der Waals surface area contributed by atoms with Gasteiger partial charge in [-0.1, -0.05) is 13.0 Å². The van der Waals surface area contributed by atoms with Gasteiger partial charge in [-0.05, 0) is 56.6 Å². The number of benzene rings is 1. The number of aromatic nitrogens is 1. The number of pyridine rings is 1. The Morgan fingerprint density at radius 3 is 2.86 bits per heavy atom. The van der Waals surface area contributed by atoms with Gasteiger partial charge in [-0.15, -0.1) is 0 Å². The van der Waals surface area contributed by atoms with Gasteiger partial charge in [-0.3, -0.25) is 0 Å². The maximum atomic E-state index is 13.2. The third-order valence-corrected chi connectivity index (χ3v) is 3.31. The molecule has 1 aromatic carbocycles. The highest BCUT2D eigenvalue weighted by atomic mass is 19.1. The molecule has 1 heterocycles. The van der Waals surface area contributed by atoms with Crippen LogP contribution in [0.1, 0.15) is 37.4 Å². The van der Waals surface area contributed by atoms with E-state index in [2.05, 4.69) is 24.1 Å². The van der Waals surface area contributed by atoms with Crippen molar-refractivity contribution in [2.24, 2.45) is 0 Å². The van der Waals surface area contributed by atoms with E-state index in [1.54, 1.807) is 12.3 Å². The predicted octanol–water partition coefficient (Wildman–Crippen LogP) is 4.38. The number of hydrogen-bond donors (Lipinski definition) is 1. The highest BCUT2D eigenvalue weighted by Crippen LogP contribution is 2.29. The summed E-state index contributed by atoms with van der Waals surface area (Å²) in [6.07, 6.45) is 2.77. The zero-order valence-corrected chi connectivity index (χ0v) is 12.7. The number of ether oxygens (including phenoxy) is 1. The molecule has 1 aromatic heterocycles. The van der Waals surface area contributed by atoms with Crippen molar-refractivity contribution >= 4 is 0 Å². The molecule has 0 aliphatic heterocycles. The summed E-state index contributed by atoms with van der Waals surface area (Å²) in [4.78, 5) is 4.31. The van der Waals surface area contributed by atoms with Crippen LogP contribution in [0, 0.1) is 12.7 Å². The second-order valence-corrected chi connectivity index (χ2v) is 5.09. The first-order chi connectivity index (χ1) is 10.1. The van der Waals surface area contributed by atoms with Crippen molar-refractivity contribution in [2.75, 3.05) is 6.54 Å². The molecule has 0 fully saturated rings. The summed E-state index contributed by atoms with van der Waals surface area (Å²) >= 11 is 0. The molecule has 0 saturated heterocycles. The van der Waals surface area contributed by atoms with Crippen LogP contribution in [0.2, 0.25) is 0 Å². The molecule has 0 aliphatic carbocycles. The maximum Gasteiger partial charge on any atom is 0.223 e. The van der Waals surface area contributed by atoms with E-state index in [9.17, 15) is 4.39 Å². The van der Waals surface area contributed by atoms with E-state index < -0.39 is 0 Å². The first-order valence-corrected chi connectivity index (χ1v) is 7.24. The highest BCUT2D eigenvalue weighted by Gasteiger charge is 2.13. The molecular weight excluding hydrogens is 267 g/mol. The van der Waals surface area contributed by atoms with E-state index in [0.29, 0.717) is 11.6 Å². The molecule has 112 valence electrons. The van der Waals surface area contributed by atoms with Crippen molar-refractivity contribution in [2.45, 2.75) is 33.2 Å². The minimum Gasteiger partial charge on any atom is -0.438 e. The van der Waals surface area contributed by atoms with Gasteiger partial charge in [0, 0.05) is 17.8 Å². The lowest BCUT2D eigenvalue weighted by Crippen LogP contribution is -2.20. The average Bonchev–Trinajstić information content (AvgIpc) is 2.48. The van der Waals surface area contributed by atoms with Crippen LogP contribution in [0.15, 0.2) is 36.5 Å². The van der Waals surface area contributed by atoms with Gasteiger partial charge < -0.3 is 10.1 Å². The number of halogens is 1. The first-order valence-electron chi connectivity index (χ1n) is 7.24. The summed E-state index contributed by atoms with van der Waals surface area (Å²) in [5.41, 5.74) is 1.75. The van der Waals surface area contributed by atoms with Gasteiger partial charge in [0.25, 0.3) is 0 Å². The molecule has 1 N–H and O–H groups in total. The molecule has 1 atom stereocenters. The zero-order valence-electron chi connectivity index (χ0n) is 12.7. The van der Waals surface area contributed by atoms with Crippen LogP contribution in [0.5, 0.6) is 11.6 Å². The molecule has 2 aromatic rings. The van der Waals surface area contributed by atoms with E-state index in [1.165, 1.54) is 12.1 Å². The highest BCUT2D eigenvalue weighted by molar-refractivity contribution is 5.38. The molecule has 0 bridgehead atoms. The Kier molecular flexibility index (Phi) is 5.28. The normalized spacial score (nSPS) is 12.2. The largest absolute Gasteiger partial charge is 0.438 e. The van der Waals surface area contributed by atoms with E-state index in [4.69, 9.17) is 4.74 Å². The van der Waals surface area contributed by atoms with Gasteiger partial charge in [0.2, 0.25) is 5.88 Å². The second kappa shape index (κ2) is 7.18. The van der Waals surface area contributed by atoms with Crippen molar-refractivity contribution in [1.29, 1.82) is 0 Å². The minimum atomic E-state index is -0.265. The van der Waals surface area contributed by atoms with Gasteiger partial charge >= 0.3 is 0 Å². The van der Waals surface area contributed by atoms with Crippen molar-refractivity contribution in [1.82, 2.24) is 10.3 Å². The Morgan fingerprint density at radius 1 is 1.33 bits per heavy atom. The summed E-state index contributed by atoms with van der Waals surface area (Å²) in [7, 11) is 0. The van der Waals surface area contributed by atoms with Gasteiger partial charge in [-0.25, -0.2) is 9.37 Å². The lowest BCUT2D eigenvalue weighted by atomic mass is 10.1. The Labute approximate surface area is 125 Å². The van der Waals surface area contributed by atoms with E-state index in [0.717, 1.165) is 24.1 Å². The molecule has 21 heavy (non-hydrogen) atoms. The molecule has 2 rings (SSSR count). The van der Waals surface area contributed by atoms with Crippen LogP contribution >= 0.6 is 0 Å². The Balaban J connectivity index is 2.23. The van der Waals surface area contributed by atoms with Crippen LogP contribution in [0.3, 0.4) is 0 Å². The van der Waals surface area contributed by atoms with Gasteiger partial charge in [0.05, 0.1) is 0 Å². The van der Waals surface area contributed by atoms with E-state index in [-0.39, 0.29) is 11.9 Å². The van der Waals surface area contributed by atoms with Crippen LogP contribution in [0.4, 0.5) is 4.39 Å². The Hall–Kier alpha value is -1.94. The Morgan fingerprint density at radius 2 is 2.14 bits per heavy atom. The molecule has 3 nitrogen and oxygen atoms in total. The van der Waals surface area contributed by atoms with Crippen molar-refractivity contribution in [3.05, 3.63) is 53.5 Å². The van der Waals surface area contributed by atoms with Crippen LogP contribution in [-0.2, 0) is 0 Å². The van der Waals surface area contributed by atoms with Crippen LogP contribution in [-0.4, -0.2) is 11.5 Å². The molecule has 4 heteroatoms. The minimum absolute atomic E-state index is 0.148. The maximum absolute atomic E-state index is 13.2. The van der Waals surface area contributed by atoms with Crippen LogP contribution < -0.4 is 10.1 Å². The summed E-state index contributed by atoms with van der Waals surface area (Å²) in [6.45, 7) is 6.96. The third kappa shape index (κ3) is 4.02. The van der Waals surface area contributed by atoms with Crippen molar-refractivity contribution in [3.63, 3.8) is 0 Å². The van der Waals surface area contributed by atoms with Crippen molar-refractivity contribution < 1.29 is 9.13 Å². The molecule has 1 unspecified atom stereocenters. The lowest BCUT2D eigenvalue weighted by Gasteiger charge is -2.17.